The number of imidazole rings is 1. The standard InChI is InChI=1S/C14H15Cl2N5O/c1-19-9-17-8-12(19)14(22)21-4-2-20(3-5-21)13-11(16)6-10(15)7-18-13/h6-9H,2-5H2,1H3. The van der Waals surface area contributed by atoms with E-state index in [4.69, 9.17) is 23.2 Å². The summed E-state index contributed by atoms with van der Waals surface area (Å²) in [6, 6.07) is 1.68. The third-order valence-electron chi connectivity index (χ3n) is 3.69. The van der Waals surface area contributed by atoms with Gasteiger partial charge in [0.25, 0.3) is 5.91 Å². The zero-order valence-corrected chi connectivity index (χ0v) is 13.5. The minimum atomic E-state index is -0.00480. The highest BCUT2D eigenvalue weighted by Gasteiger charge is 2.25. The fraction of sp³-hybridized carbons (Fsp3) is 0.357. The van der Waals surface area contributed by atoms with Gasteiger partial charge in [-0.15, -0.1) is 0 Å². The number of aryl methyl sites for hydroxylation is 1. The van der Waals surface area contributed by atoms with E-state index in [9.17, 15) is 4.79 Å². The Hall–Kier alpha value is -1.79. The predicted octanol–water partition coefficient (Wildman–Crippen LogP) is 2.08. The van der Waals surface area contributed by atoms with E-state index < -0.39 is 0 Å². The first kappa shape index (κ1) is 15.1. The van der Waals surface area contributed by atoms with E-state index in [1.54, 1.807) is 29.4 Å². The van der Waals surface area contributed by atoms with Crippen molar-refractivity contribution in [1.29, 1.82) is 0 Å². The monoisotopic (exact) mass is 339 g/mol. The number of aromatic nitrogens is 3. The van der Waals surface area contributed by atoms with Gasteiger partial charge in [0.15, 0.2) is 0 Å². The molecule has 2 aromatic heterocycles. The van der Waals surface area contributed by atoms with E-state index in [1.165, 1.54) is 0 Å². The maximum atomic E-state index is 12.4. The molecule has 1 fully saturated rings. The lowest BCUT2D eigenvalue weighted by atomic mass is 10.2. The Kier molecular flexibility index (Phi) is 4.22. The molecule has 0 aromatic carbocycles. The zero-order valence-electron chi connectivity index (χ0n) is 12.0. The zero-order chi connectivity index (χ0) is 15.7. The lowest BCUT2D eigenvalue weighted by Gasteiger charge is -2.35. The Bertz CT molecular complexity index is 694. The van der Waals surface area contributed by atoms with E-state index in [0.717, 1.165) is 0 Å². The van der Waals surface area contributed by atoms with Crippen LogP contribution in [0.1, 0.15) is 10.5 Å². The summed E-state index contributed by atoms with van der Waals surface area (Å²) in [5.41, 5.74) is 0.594. The second-order valence-electron chi connectivity index (χ2n) is 5.13. The van der Waals surface area contributed by atoms with E-state index in [0.29, 0.717) is 47.7 Å². The van der Waals surface area contributed by atoms with Gasteiger partial charge in [-0.05, 0) is 6.07 Å². The van der Waals surface area contributed by atoms with Crippen LogP contribution in [0.25, 0.3) is 0 Å². The van der Waals surface area contributed by atoms with Crippen molar-refractivity contribution in [2.75, 3.05) is 31.1 Å². The van der Waals surface area contributed by atoms with Crippen molar-refractivity contribution in [2.45, 2.75) is 0 Å². The molecule has 6 nitrogen and oxygen atoms in total. The summed E-state index contributed by atoms with van der Waals surface area (Å²) in [7, 11) is 1.81. The van der Waals surface area contributed by atoms with Crippen LogP contribution in [0.4, 0.5) is 5.82 Å². The number of amides is 1. The third kappa shape index (κ3) is 2.89. The highest BCUT2D eigenvalue weighted by molar-refractivity contribution is 6.36. The highest BCUT2D eigenvalue weighted by Crippen LogP contribution is 2.26. The molecule has 0 bridgehead atoms. The van der Waals surface area contributed by atoms with Crippen LogP contribution in [0.3, 0.4) is 0 Å². The quantitative estimate of drug-likeness (QED) is 0.840. The van der Waals surface area contributed by atoms with Crippen LogP contribution < -0.4 is 4.90 Å². The van der Waals surface area contributed by atoms with Gasteiger partial charge in [-0.1, -0.05) is 23.2 Å². The molecule has 1 aliphatic heterocycles. The molecular weight excluding hydrogens is 325 g/mol. The molecule has 22 heavy (non-hydrogen) atoms. The van der Waals surface area contributed by atoms with Gasteiger partial charge in [-0.3, -0.25) is 4.79 Å². The number of rotatable bonds is 2. The molecule has 3 heterocycles. The fourth-order valence-corrected chi connectivity index (χ4v) is 2.99. The molecule has 3 rings (SSSR count). The van der Waals surface area contributed by atoms with Crippen LogP contribution in [-0.4, -0.2) is 51.5 Å². The fourth-order valence-electron chi connectivity index (χ4n) is 2.49. The molecule has 1 amide bonds. The van der Waals surface area contributed by atoms with Gasteiger partial charge in [0.05, 0.1) is 22.6 Å². The van der Waals surface area contributed by atoms with Gasteiger partial charge in [0.1, 0.15) is 11.5 Å². The Balaban J connectivity index is 1.68. The number of piperazine rings is 1. The lowest BCUT2D eigenvalue weighted by molar-refractivity contribution is 0.0737. The summed E-state index contributed by atoms with van der Waals surface area (Å²) in [6.45, 7) is 2.59. The molecule has 0 unspecified atom stereocenters. The first-order valence-electron chi connectivity index (χ1n) is 6.88. The molecule has 0 atom stereocenters. The summed E-state index contributed by atoms with van der Waals surface area (Å²) < 4.78 is 1.73. The minimum absolute atomic E-state index is 0.00480. The van der Waals surface area contributed by atoms with Crippen molar-refractivity contribution < 1.29 is 4.79 Å². The van der Waals surface area contributed by atoms with Crippen molar-refractivity contribution in [1.82, 2.24) is 19.4 Å². The molecule has 0 aliphatic carbocycles. The Morgan fingerprint density at radius 1 is 1.18 bits per heavy atom. The first-order chi connectivity index (χ1) is 10.6. The lowest BCUT2D eigenvalue weighted by Crippen LogP contribution is -2.49. The number of carbonyl (C=O) groups excluding carboxylic acids is 1. The predicted molar refractivity (Wildman–Crippen MR) is 85.6 cm³/mol. The number of halogens is 2. The highest BCUT2D eigenvalue weighted by atomic mass is 35.5. The molecule has 1 aliphatic rings. The van der Waals surface area contributed by atoms with Crippen LogP contribution in [0, 0.1) is 0 Å². The third-order valence-corrected chi connectivity index (χ3v) is 4.18. The maximum Gasteiger partial charge on any atom is 0.272 e. The molecule has 0 N–H and O–H groups in total. The summed E-state index contributed by atoms with van der Waals surface area (Å²) in [6.07, 6.45) is 4.79. The van der Waals surface area contributed by atoms with E-state index in [2.05, 4.69) is 14.9 Å². The smallest absolute Gasteiger partial charge is 0.272 e. The van der Waals surface area contributed by atoms with Gasteiger partial charge in [-0.25, -0.2) is 9.97 Å². The van der Waals surface area contributed by atoms with Crippen LogP contribution in [0.15, 0.2) is 24.8 Å². The maximum absolute atomic E-state index is 12.4. The van der Waals surface area contributed by atoms with Gasteiger partial charge < -0.3 is 14.4 Å². The van der Waals surface area contributed by atoms with Crippen molar-refractivity contribution in [2.24, 2.45) is 7.05 Å². The second kappa shape index (κ2) is 6.14. The normalized spacial score (nSPS) is 15.2. The largest absolute Gasteiger partial charge is 0.352 e. The van der Waals surface area contributed by atoms with Crippen molar-refractivity contribution in [3.63, 3.8) is 0 Å². The summed E-state index contributed by atoms with van der Waals surface area (Å²) in [4.78, 5) is 24.6. The number of hydrogen-bond acceptors (Lipinski definition) is 4. The van der Waals surface area contributed by atoms with Crippen LogP contribution in [-0.2, 0) is 7.05 Å². The summed E-state index contributed by atoms with van der Waals surface area (Å²) >= 11 is 12.0. The average molecular weight is 340 g/mol. The van der Waals surface area contributed by atoms with Crippen LogP contribution in [0.5, 0.6) is 0 Å². The van der Waals surface area contributed by atoms with E-state index >= 15 is 0 Å². The van der Waals surface area contributed by atoms with Crippen molar-refractivity contribution >= 4 is 34.9 Å². The molecule has 1 saturated heterocycles. The Labute approximate surface area is 138 Å². The van der Waals surface area contributed by atoms with Gasteiger partial charge in [0, 0.05) is 39.4 Å². The number of anilines is 1. The topological polar surface area (TPSA) is 54.3 Å². The van der Waals surface area contributed by atoms with Crippen molar-refractivity contribution in [3.8, 4) is 0 Å². The number of nitrogens with zero attached hydrogens (tertiary/aromatic N) is 5. The van der Waals surface area contributed by atoms with Crippen LogP contribution >= 0.6 is 23.2 Å². The average Bonchev–Trinajstić information content (AvgIpc) is 2.93. The molecule has 8 heteroatoms. The molecule has 2 aromatic rings. The van der Waals surface area contributed by atoms with E-state index in [1.807, 2.05) is 11.9 Å². The second-order valence-corrected chi connectivity index (χ2v) is 5.97. The molecule has 0 spiro atoms. The van der Waals surface area contributed by atoms with Gasteiger partial charge in [-0.2, -0.15) is 0 Å². The SMILES string of the molecule is Cn1cncc1C(=O)N1CCN(c2ncc(Cl)cc2Cl)CC1. The van der Waals surface area contributed by atoms with E-state index in [-0.39, 0.29) is 5.91 Å². The molecular formula is C14H15Cl2N5O. The minimum Gasteiger partial charge on any atom is -0.352 e. The summed E-state index contributed by atoms with van der Waals surface area (Å²) in [5.74, 6) is 0.702. The number of hydrogen-bond donors (Lipinski definition) is 0. The molecule has 0 radical (unpaired) electrons. The van der Waals surface area contributed by atoms with Gasteiger partial charge in [0.2, 0.25) is 0 Å². The Morgan fingerprint density at radius 2 is 1.91 bits per heavy atom. The number of pyridine rings is 1. The molecule has 0 saturated carbocycles. The molecule has 116 valence electrons. The first-order valence-corrected chi connectivity index (χ1v) is 7.63. The Morgan fingerprint density at radius 3 is 2.50 bits per heavy atom. The number of carbonyl (C=O) groups is 1. The van der Waals surface area contributed by atoms with Crippen LogP contribution in [0.2, 0.25) is 10.0 Å². The van der Waals surface area contributed by atoms with Crippen molar-refractivity contribution in [3.05, 3.63) is 40.5 Å². The summed E-state index contributed by atoms with van der Waals surface area (Å²) in [5, 5.41) is 1.04. The van der Waals surface area contributed by atoms with Gasteiger partial charge >= 0.3 is 0 Å².